The first kappa shape index (κ1) is 36.5. The first-order chi connectivity index (χ1) is 21.7. The summed E-state index contributed by atoms with van der Waals surface area (Å²) in [5.74, 6) is 0.901. The summed E-state index contributed by atoms with van der Waals surface area (Å²) in [4.78, 5) is 12.9. The van der Waals surface area contributed by atoms with Gasteiger partial charge in [0.2, 0.25) is 5.91 Å². The van der Waals surface area contributed by atoms with Crippen molar-refractivity contribution in [3.05, 3.63) is 72.8 Å². The third-order valence-electron chi connectivity index (χ3n) is 7.93. The number of methoxy groups -OCH3 is 1. The summed E-state index contributed by atoms with van der Waals surface area (Å²) in [6.07, 6.45) is 8.43. The molecule has 3 aromatic carbocycles. The lowest BCUT2D eigenvalue weighted by Crippen LogP contribution is -2.43. The van der Waals surface area contributed by atoms with Crippen molar-refractivity contribution in [2.45, 2.75) is 115 Å². The Labute approximate surface area is 269 Å². The van der Waals surface area contributed by atoms with Crippen molar-refractivity contribution in [3.63, 3.8) is 0 Å². The van der Waals surface area contributed by atoms with Crippen molar-refractivity contribution < 1.29 is 31.6 Å². The molecule has 0 bridgehead atoms. The summed E-state index contributed by atoms with van der Waals surface area (Å²) in [5, 5.41) is 4.84. The number of carbonyl (C=O) groups excluding carboxylic acids is 1. The summed E-state index contributed by atoms with van der Waals surface area (Å²) >= 11 is 0. The predicted octanol–water partition coefficient (Wildman–Crippen LogP) is 8.35. The van der Waals surface area contributed by atoms with Gasteiger partial charge >= 0.3 is 0 Å². The molecule has 0 aromatic heterocycles. The Balaban J connectivity index is 1.29. The Bertz CT molecular complexity index is 1380. The SMILES string of the molecule is CCC(CC(C)CCCCCCCCCC(=O)NC(Oc1cccc2ccccc12)OC(C)OC)OS(=O)(=O)c1ccccc1. The maximum Gasteiger partial charge on any atom is 0.297 e. The van der Waals surface area contributed by atoms with E-state index in [0.717, 1.165) is 68.6 Å². The molecule has 0 fully saturated rings. The number of benzene rings is 3. The fourth-order valence-corrected chi connectivity index (χ4v) is 6.44. The molecule has 45 heavy (non-hydrogen) atoms. The Morgan fingerprint density at radius 1 is 0.822 bits per heavy atom. The lowest BCUT2D eigenvalue weighted by molar-refractivity contribution is -0.211. The molecule has 4 unspecified atom stereocenters. The summed E-state index contributed by atoms with van der Waals surface area (Å²) in [5.41, 5.74) is 0. The van der Waals surface area contributed by atoms with Crippen LogP contribution >= 0.6 is 0 Å². The standard InChI is InChI=1S/C36H51NO7S/c1-5-31(44-45(39,40)32-22-13-11-14-23-32)27-28(2)19-12-9-7-6-8-10-15-26-35(38)37-36(42-29(3)41-4)43-34-25-18-21-30-20-16-17-24-33(30)34/h11,13-14,16-18,20-25,28-29,31,36H,5-10,12,15,19,26-27H2,1-4H3,(H,37,38). The average Bonchev–Trinajstić information content (AvgIpc) is 3.04. The minimum Gasteiger partial charge on any atom is -0.446 e. The molecule has 1 N–H and O–H groups in total. The van der Waals surface area contributed by atoms with Crippen LogP contribution in [0.15, 0.2) is 77.7 Å². The molecular formula is C36H51NO7S. The van der Waals surface area contributed by atoms with Crippen LogP contribution in [0, 0.1) is 5.92 Å². The van der Waals surface area contributed by atoms with E-state index in [4.69, 9.17) is 18.4 Å². The minimum atomic E-state index is -3.74. The fourth-order valence-electron chi connectivity index (χ4n) is 5.26. The molecule has 8 nitrogen and oxygen atoms in total. The monoisotopic (exact) mass is 641 g/mol. The van der Waals surface area contributed by atoms with E-state index in [1.807, 2.05) is 49.4 Å². The van der Waals surface area contributed by atoms with Crippen LogP contribution in [0.1, 0.15) is 91.4 Å². The van der Waals surface area contributed by atoms with Crippen LogP contribution in [-0.2, 0) is 28.6 Å². The maximum atomic E-state index is 12.7. The van der Waals surface area contributed by atoms with Crippen molar-refractivity contribution in [1.29, 1.82) is 0 Å². The Morgan fingerprint density at radius 2 is 1.47 bits per heavy atom. The quantitative estimate of drug-likeness (QED) is 0.0669. The average molecular weight is 642 g/mol. The van der Waals surface area contributed by atoms with Crippen LogP contribution in [0.4, 0.5) is 0 Å². The summed E-state index contributed by atoms with van der Waals surface area (Å²) < 4.78 is 47.8. The molecule has 3 aromatic rings. The van der Waals surface area contributed by atoms with Crippen molar-refractivity contribution in [2.24, 2.45) is 5.92 Å². The van der Waals surface area contributed by atoms with E-state index in [-0.39, 0.29) is 16.9 Å². The normalized spacial score (nSPS) is 14.5. The number of rotatable bonds is 22. The van der Waals surface area contributed by atoms with Crippen molar-refractivity contribution in [2.75, 3.05) is 7.11 Å². The third kappa shape index (κ3) is 13.1. The van der Waals surface area contributed by atoms with Crippen LogP contribution in [0.5, 0.6) is 5.75 Å². The molecule has 0 heterocycles. The third-order valence-corrected chi connectivity index (χ3v) is 9.30. The number of ether oxygens (including phenoxy) is 3. The summed E-state index contributed by atoms with van der Waals surface area (Å²) in [6, 6.07) is 22.0. The molecule has 0 aliphatic rings. The molecule has 4 atom stereocenters. The van der Waals surface area contributed by atoms with Crippen molar-refractivity contribution in [1.82, 2.24) is 5.32 Å². The molecule has 0 aliphatic heterocycles. The van der Waals surface area contributed by atoms with E-state index >= 15 is 0 Å². The van der Waals surface area contributed by atoms with Crippen molar-refractivity contribution >= 4 is 26.8 Å². The van der Waals surface area contributed by atoms with Gasteiger partial charge < -0.3 is 9.47 Å². The van der Waals surface area contributed by atoms with Gasteiger partial charge in [-0.15, -0.1) is 0 Å². The van der Waals surface area contributed by atoms with Crippen LogP contribution in [0.3, 0.4) is 0 Å². The molecule has 0 radical (unpaired) electrons. The minimum absolute atomic E-state index is 0.122. The molecule has 1 amide bonds. The highest BCUT2D eigenvalue weighted by molar-refractivity contribution is 7.86. The number of fused-ring (bicyclic) bond motifs is 1. The first-order valence-electron chi connectivity index (χ1n) is 16.3. The first-order valence-corrected chi connectivity index (χ1v) is 17.7. The van der Waals surface area contributed by atoms with E-state index in [2.05, 4.69) is 12.2 Å². The Kier molecular flexibility index (Phi) is 15.8. The Morgan fingerprint density at radius 3 is 2.18 bits per heavy atom. The van der Waals surface area contributed by atoms with Crippen LogP contribution < -0.4 is 10.1 Å². The molecule has 3 rings (SSSR count). The lowest BCUT2D eigenvalue weighted by Gasteiger charge is -2.24. The molecule has 0 saturated carbocycles. The number of unbranched alkanes of at least 4 members (excludes halogenated alkanes) is 6. The maximum absolute atomic E-state index is 12.7. The molecule has 0 aliphatic carbocycles. The predicted molar refractivity (Wildman–Crippen MR) is 178 cm³/mol. The van der Waals surface area contributed by atoms with Crippen molar-refractivity contribution in [3.8, 4) is 5.75 Å². The molecule has 0 saturated heterocycles. The molecule has 248 valence electrons. The number of nitrogens with one attached hydrogen (secondary N) is 1. The molecule has 9 heteroatoms. The molecule has 0 spiro atoms. The lowest BCUT2D eigenvalue weighted by atomic mass is 9.95. The highest BCUT2D eigenvalue weighted by Gasteiger charge is 2.22. The van der Waals surface area contributed by atoms with Gasteiger partial charge in [-0.2, -0.15) is 8.42 Å². The van der Waals surface area contributed by atoms with Gasteiger partial charge in [0, 0.05) is 18.9 Å². The van der Waals surface area contributed by atoms with E-state index in [0.29, 0.717) is 24.5 Å². The summed E-state index contributed by atoms with van der Waals surface area (Å²) in [6.45, 7) is 5.89. The van der Waals surface area contributed by atoms with E-state index in [1.165, 1.54) is 0 Å². The van der Waals surface area contributed by atoms with Gasteiger partial charge in [0.25, 0.3) is 16.5 Å². The van der Waals surface area contributed by atoms with Crippen LogP contribution in [-0.4, -0.2) is 40.2 Å². The van der Waals surface area contributed by atoms with Gasteiger partial charge in [-0.3, -0.25) is 19.0 Å². The van der Waals surface area contributed by atoms with E-state index in [9.17, 15) is 13.2 Å². The number of amides is 1. The van der Waals surface area contributed by atoms with Gasteiger partial charge in [0.15, 0.2) is 6.29 Å². The highest BCUT2D eigenvalue weighted by Crippen LogP contribution is 2.26. The topological polar surface area (TPSA) is 100 Å². The van der Waals surface area contributed by atoms with Gasteiger partial charge in [-0.05, 0) is 55.7 Å². The smallest absolute Gasteiger partial charge is 0.297 e. The molecular weight excluding hydrogens is 590 g/mol. The zero-order chi connectivity index (χ0) is 32.5. The van der Waals surface area contributed by atoms with E-state index in [1.54, 1.807) is 44.4 Å². The van der Waals surface area contributed by atoms with Gasteiger partial charge in [-0.25, -0.2) is 0 Å². The number of hydrogen-bond donors (Lipinski definition) is 1. The number of carbonyl (C=O) groups is 1. The second-order valence-electron chi connectivity index (χ2n) is 11.7. The van der Waals surface area contributed by atoms with Crippen LogP contribution in [0.2, 0.25) is 0 Å². The second-order valence-corrected chi connectivity index (χ2v) is 13.3. The fraction of sp³-hybridized carbons (Fsp3) is 0.528. The Hall–Kier alpha value is -2.98. The largest absolute Gasteiger partial charge is 0.446 e. The zero-order valence-corrected chi connectivity index (χ0v) is 28.1. The van der Waals surface area contributed by atoms with Gasteiger partial charge in [-0.1, -0.05) is 113 Å². The van der Waals surface area contributed by atoms with E-state index < -0.39 is 22.8 Å². The summed E-state index contributed by atoms with van der Waals surface area (Å²) in [7, 11) is -2.19. The number of hydrogen-bond acceptors (Lipinski definition) is 7. The highest BCUT2D eigenvalue weighted by atomic mass is 32.2. The van der Waals surface area contributed by atoms with Gasteiger partial charge in [0.1, 0.15) is 5.75 Å². The second kappa shape index (κ2) is 19.5. The van der Waals surface area contributed by atoms with Gasteiger partial charge in [0.05, 0.1) is 11.0 Å². The zero-order valence-electron chi connectivity index (χ0n) is 27.3. The van der Waals surface area contributed by atoms with Crippen LogP contribution in [0.25, 0.3) is 10.8 Å².